The molecule has 4 aromatic rings. The Morgan fingerprint density at radius 3 is 2.70 bits per heavy atom. The number of aryl methyl sites for hydroxylation is 2. The number of nitrogens with zero attached hydrogens (tertiary/aromatic N) is 7. The van der Waals surface area contributed by atoms with Crippen molar-refractivity contribution >= 4 is 11.5 Å². The van der Waals surface area contributed by atoms with Gasteiger partial charge in [0.15, 0.2) is 11.5 Å². The highest BCUT2D eigenvalue weighted by molar-refractivity contribution is 5.63. The Labute approximate surface area is 186 Å². The van der Waals surface area contributed by atoms with Gasteiger partial charge in [0, 0.05) is 60.5 Å². The zero-order valence-corrected chi connectivity index (χ0v) is 18.0. The molecule has 0 saturated carbocycles. The van der Waals surface area contributed by atoms with E-state index < -0.39 is 12.7 Å². The van der Waals surface area contributed by atoms with E-state index in [0.717, 1.165) is 21.5 Å². The van der Waals surface area contributed by atoms with E-state index in [0.29, 0.717) is 47.8 Å². The molecule has 0 amide bonds. The van der Waals surface area contributed by atoms with E-state index in [-0.39, 0.29) is 5.56 Å². The lowest BCUT2D eigenvalue weighted by Crippen LogP contribution is -2.33. The summed E-state index contributed by atoms with van der Waals surface area (Å²) in [6.07, 6.45) is 0.790. The second-order valence-electron chi connectivity index (χ2n) is 8.20. The highest BCUT2D eigenvalue weighted by atomic mass is 19.4. The van der Waals surface area contributed by atoms with Crippen molar-refractivity contribution in [2.45, 2.75) is 39.5 Å². The molecule has 0 saturated heterocycles. The number of halogens is 3. The van der Waals surface area contributed by atoms with Crippen molar-refractivity contribution in [1.29, 1.82) is 0 Å². The summed E-state index contributed by atoms with van der Waals surface area (Å²) in [6.45, 7) is 3.75. The minimum atomic E-state index is -4.33. The van der Waals surface area contributed by atoms with Gasteiger partial charge in [-0.25, -0.2) is 4.98 Å². The van der Waals surface area contributed by atoms with Crippen LogP contribution in [-0.2, 0) is 19.5 Å². The van der Waals surface area contributed by atoms with Crippen LogP contribution < -0.4 is 10.5 Å². The molecule has 4 aromatic heterocycles. The van der Waals surface area contributed by atoms with Crippen LogP contribution in [0, 0.1) is 13.8 Å². The van der Waals surface area contributed by atoms with E-state index in [2.05, 4.69) is 25.1 Å². The minimum absolute atomic E-state index is 0.240. The number of alkyl halides is 3. The second kappa shape index (κ2) is 7.68. The van der Waals surface area contributed by atoms with Crippen molar-refractivity contribution in [2.24, 2.45) is 0 Å². The van der Waals surface area contributed by atoms with Crippen molar-refractivity contribution in [3.8, 4) is 11.1 Å². The fraction of sp³-hybridized carbons (Fsp3) is 0.318. The van der Waals surface area contributed by atoms with Crippen LogP contribution in [0.1, 0.15) is 22.5 Å². The summed E-state index contributed by atoms with van der Waals surface area (Å²) in [5, 5.41) is 8.37. The fourth-order valence-electron chi connectivity index (χ4n) is 4.10. The number of rotatable bonds is 3. The summed E-state index contributed by atoms with van der Waals surface area (Å²) in [4.78, 5) is 23.4. The molecule has 5 rings (SSSR count). The van der Waals surface area contributed by atoms with Crippen molar-refractivity contribution in [2.75, 3.05) is 11.4 Å². The van der Waals surface area contributed by atoms with Crippen molar-refractivity contribution in [1.82, 2.24) is 29.4 Å². The fourth-order valence-corrected chi connectivity index (χ4v) is 4.10. The van der Waals surface area contributed by atoms with Crippen LogP contribution in [-0.4, -0.2) is 42.1 Å². The van der Waals surface area contributed by atoms with Gasteiger partial charge in [-0.3, -0.25) is 14.5 Å². The molecule has 0 aromatic carbocycles. The number of hydrogen-bond donors (Lipinski definition) is 0. The molecular weight excluding hydrogens is 435 g/mol. The van der Waals surface area contributed by atoms with Crippen LogP contribution >= 0.6 is 0 Å². The van der Waals surface area contributed by atoms with Gasteiger partial charge in [-0.15, -0.1) is 5.10 Å². The molecule has 8 nitrogen and oxygen atoms in total. The SMILES string of the molecule is Cc1cc(=O)n2nc(N3CCc4ncc(-c5cnn(CC(F)(F)F)c5)cc4C3)c(C)cc2n1. The van der Waals surface area contributed by atoms with Gasteiger partial charge >= 0.3 is 6.18 Å². The van der Waals surface area contributed by atoms with Crippen LogP contribution in [0.4, 0.5) is 19.0 Å². The standard InChI is InChI=1S/C22H20F3N7O/c1-13-5-19-28-14(2)6-20(33)32(19)29-21(13)30-4-3-18-16(10-30)7-15(8-26-18)17-9-27-31(11-17)12-22(23,24)25/h5-9,11H,3-4,10,12H2,1-2H3. The number of pyridine rings is 1. The van der Waals surface area contributed by atoms with E-state index in [1.165, 1.54) is 23.0 Å². The molecule has 170 valence electrons. The maximum absolute atomic E-state index is 12.6. The smallest absolute Gasteiger partial charge is 0.350 e. The molecule has 0 N–H and O–H groups in total. The molecule has 11 heteroatoms. The summed E-state index contributed by atoms with van der Waals surface area (Å²) < 4.78 is 40.1. The third-order valence-electron chi connectivity index (χ3n) is 5.59. The quantitative estimate of drug-likeness (QED) is 0.472. The Balaban J connectivity index is 1.45. The van der Waals surface area contributed by atoms with Crippen molar-refractivity contribution in [3.63, 3.8) is 0 Å². The molecule has 0 unspecified atom stereocenters. The third-order valence-corrected chi connectivity index (χ3v) is 5.59. The lowest BCUT2D eigenvalue weighted by molar-refractivity contribution is -0.142. The number of hydrogen-bond acceptors (Lipinski definition) is 6. The lowest BCUT2D eigenvalue weighted by atomic mass is 10.0. The van der Waals surface area contributed by atoms with Gasteiger partial charge in [0.2, 0.25) is 0 Å². The molecule has 5 heterocycles. The molecule has 0 bridgehead atoms. The number of aromatic nitrogens is 6. The predicted molar refractivity (Wildman–Crippen MR) is 115 cm³/mol. The predicted octanol–water partition coefficient (Wildman–Crippen LogP) is 3.09. The molecule has 0 atom stereocenters. The summed E-state index contributed by atoms with van der Waals surface area (Å²) in [5.41, 5.74) is 4.95. The summed E-state index contributed by atoms with van der Waals surface area (Å²) in [6, 6.07) is 5.21. The van der Waals surface area contributed by atoms with Gasteiger partial charge < -0.3 is 4.90 Å². The highest BCUT2D eigenvalue weighted by Crippen LogP contribution is 2.28. The van der Waals surface area contributed by atoms with Gasteiger partial charge in [-0.05, 0) is 37.1 Å². The van der Waals surface area contributed by atoms with Gasteiger partial charge in [0.1, 0.15) is 6.54 Å². The average Bonchev–Trinajstić information content (AvgIpc) is 3.19. The molecule has 0 spiro atoms. The normalized spacial score (nSPS) is 14.0. The van der Waals surface area contributed by atoms with Crippen LogP contribution in [0.15, 0.2) is 41.6 Å². The molecule has 1 aliphatic rings. The Hall–Kier alpha value is -3.76. The second-order valence-corrected chi connectivity index (χ2v) is 8.20. The Morgan fingerprint density at radius 1 is 1.09 bits per heavy atom. The third kappa shape index (κ3) is 4.18. The molecule has 1 aliphatic heterocycles. The molecule has 0 radical (unpaired) electrons. The van der Waals surface area contributed by atoms with Crippen LogP contribution in [0.3, 0.4) is 0 Å². The van der Waals surface area contributed by atoms with Gasteiger partial charge in [-0.2, -0.15) is 22.8 Å². The number of fused-ring (bicyclic) bond motifs is 2. The van der Waals surface area contributed by atoms with E-state index in [1.807, 2.05) is 19.1 Å². The maximum atomic E-state index is 12.6. The molecule has 33 heavy (non-hydrogen) atoms. The molecule has 0 aliphatic carbocycles. The summed E-state index contributed by atoms with van der Waals surface area (Å²) in [5.74, 6) is 0.685. The zero-order valence-electron chi connectivity index (χ0n) is 18.0. The zero-order chi connectivity index (χ0) is 23.3. The average molecular weight is 455 g/mol. The summed E-state index contributed by atoms with van der Waals surface area (Å²) in [7, 11) is 0. The Kier molecular flexibility index (Phi) is 4.91. The first-order valence-electron chi connectivity index (χ1n) is 10.4. The van der Waals surface area contributed by atoms with E-state index >= 15 is 0 Å². The van der Waals surface area contributed by atoms with Crippen LogP contribution in [0.2, 0.25) is 0 Å². The first-order chi connectivity index (χ1) is 15.7. The van der Waals surface area contributed by atoms with E-state index in [1.54, 1.807) is 13.1 Å². The number of anilines is 1. The highest BCUT2D eigenvalue weighted by Gasteiger charge is 2.28. The first-order valence-corrected chi connectivity index (χ1v) is 10.4. The van der Waals surface area contributed by atoms with Gasteiger partial charge in [0.05, 0.1) is 6.20 Å². The van der Waals surface area contributed by atoms with E-state index in [4.69, 9.17) is 0 Å². The molecular formula is C22H20F3N7O. The van der Waals surface area contributed by atoms with Gasteiger partial charge in [0.25, 0.3) is 5.56 Å². The largest absolute Gasteiger partial charge is 0.408 e. The Bertz CT molecular complexity index is 1420. The van der Waals surface area contributed by atoms with Crippen LogP contribution in [0.25, 0.3) is 16.8 Å². The van der Waals surface area contributed by atoms with Crippen molar-refractivity contribution < 1.29 is 13.2 Å². The molecule has 0 fully saturated rings. The van der Waals surface area contributed by atoms with Crippen molar-refractivity contribution in [3.05, 3.63) is 69.7 Å². The topological polar surface area (TPSA) is 81.2 Å². The first kappa shape index (κ1) is 21.1. The Morgan fingerprint density at radius 2 is 1.91 bits per heavy atom. The lowest BCUT2D eigenvalue weighted by Gasteiger charge is -2.30. The maximum Gasteiger partial charge on any atom is 0.408 e. The monoisotopic (exact) mass is 455 g/mol. The summed E-state index contributed by atoms with van der Waals surface area (Å²) >= 11 is 0. The van der Waals surface area contributed by atoms with Gasteiger partial charge in [-0.1, -0.05) is 0 Å². The van der Waals surface area contributed by atoms with Crippen LogP contribution in [0.5, 0.6) is 0 Å². The van der Waals surface area contributed by atoms with E-state index in [9.17, 15) is 18.0 Å². The minimum Gasteiger partial charge on any atom is -0.350 e.